The number of carboxylic acids is 1. The SMILES string of the molecule is CC/C=C\C/C=C\C/C=C\C/C=C\C/C=C\C/C=C\C/C=C\C/C=C\CCCCCCCCCCCCC(=O)OC(COC(=O)CCCCCCCCCCCCCCCCCCCCC/C=C\C/C=C\C/C=C\C/C=C\C/C=C\C/C=C\C/C=C\CC)COC(OCC[N+](C)(C)C)C(=O)O. The van der Waals surface area contributed by atoms with Crippen molar-refractivity contribution in [3.05, 3.63) is 182 Å². The van der Waals surface area contributed by atoms with Crippen LogP contribution in [0, 0.1) is 0 Å². The number of carbonyl (C=O) groups is 3. The van der Waals surface area contributed by atoms with Crippen LogP contribution in [0.3, 0.4) is 0 Å². The molecular formula is C92H152NO8+. The smallest absolute Gasteiger partial charge is 0.361 e. The third kappa shape index (κ3) is 81.6. The van der Waals surface area contributed by atoms with Crippen molar-refractivity contribution in [3.8, 4) is 0 Å². The molecule has 2 unspecified atom stereocenters. The maximum atomic E-state index is 13.0. The number of likely N-dealkylation sites (N-methyl/N-ethyl adjacent to an activating group) is 1. The van der Waals surface area contributed by atoms with Crippen molar-refractivity contribution in [3.63, 3.8) is 0 Å². The summed E-state index contributed by atoms with van der Waals surface area (Å²) < 4.78 is 23.0. The lowest BCUT2D eigenvalue weighted by atomic mass is 10.0. The quantitative estimate of drug-likeness (QED) is 0.0211. The molecule has 0 aliphatic carbocycles. The Morgan fingerprint density at radius 3 is 0.792 bits per heavy atom. The second kappa shape index (κ2) is 80.1. The number of rotatable bonds is 74. The predicted molar refractivity (Wildman–Crippen MR) is 437 cm³/mol. The van der Waals surface area contributed by atoms with Gasteiger partial charge in [0.2, 0.25) is 0 Å². The fraction of sp³-hybridized carbons (Fsp3) is 0.641. The number of ether oxygens (including phenoxy) is 4. The highest BCUT2D eigenvalue weighted by atomic mass is 16.7. The first-order valence-electron chi connectivity index (χ1n) is 40.9. The molecule has 0 aromatic heterocycles. The molecule has 0 radical (unpaired) electrons. The Balaban J connectivity index is 4.06. The van der Waals surface area contributed by atoms with Crippen molar-refractivity contribution in [1.82, 2.24) is 0 Å². The van der Waals surface area contributed by atoms with Gasteiger partial charge in [-0.3, -0.25) is 9.59 Å². The lowest BCUT2D eigenvalue weighted by Crippen LogP contribution is -2.40. The Labute approximate surface area is 621 Å². The van der Waals surface area contributed by atoms with E-state index in [1.807, 2.05) is 21.1 Å². The van der Waals surface area contributed by atoms with Crippen molar-refractivity contribution in [1.29, 1.82) is 0 Å². The summed E-state index contributed by atoms with van der Waals surface area (Å²) in [5.41, 5.74) is 0. The molecule has 0 heterocycles. The molecule has 572 valence electrons. The maximum absolute atomic E-state index is 13.0. The standard InChI is InChI=1S/C92H151NO8/c1-6-8-10-12-14-16-18-20-22-24-26-28-30-32-34-36-38-40-42-43-44-45-46-47-49-50-52-54-56-58-60-62-64-66-68-70-72-74-76-78-80-82-89(94)99-86-88(87-100-92(91(96)97)98-85-84-93(3,4)5)101-90(95)83-81-79-77-75-73-71-69-67-65-63-61-59-57-55-53-51-48-41-39-37-35-33-31-29-27-25-23-21-19-17-15-13-11-9-7-2/h8-11,14-17,20-23,26-29,32-35,38-41,43-44,51,53,57,59,88,92H,6-7,12-13,18-19,24-25,30-31,36-37,42,45-50,52,54-56,58,60-87H2,1-5H3/p+1/b10-8-,11-9-,16-14-,17-15-,22-20-,23-21-,28-26-,29-27-,34-32-,35-33-,40-38-,41-39-,44-43-,53-51-,59-57-. The summed E-state index contributed by atoms with van der Waals surface area (Å²) in [5.74, 6) is -2.01. The van der Waals surface area contributed by atoms with E-state index >= 15 is 0 Å². The van der Waals surface area contributed by atoms with Crippen molar-refractivity contribution in [2.75, 3.05) is 47.5 Å². The van der Waals surface area contributed by atoms with Crippen molar-refractivity contribution in [2.45, 2.75) is 334 Å². The minimum absolute atomic E-state index is 0.180. The zero-order valence-electron chi connectivity index (χ0n) is 65.5. The summed E-state index contributed by atoms with van der Waals surface area (Å²) in [6, 6.07) is 0. The van der Waals surface area contributed by atoms with Crippen LogP contribution >= 0.6 is 0 Å². The Bertz CT molecular complexity index is 2330. The van der Waals surface area contributed by atoms with E-state index in [1.54, 1.807) is 0 Å². The summed E-state index contributed by atoms with van der Waals surface area (Å²) in [7, 11) is 5.98. The van der Waals surface area contributed by atoms with Crippen LogP contribution in [0.4, 0.5) is 0 Å². The minimum atomic E-state index is -1.52. The molecule has 0 rings (SSSR count). The molecule has 0 bridgehead atoms. The molecule has 2 atom stereocenters. The van der Waals surface area contributed by atoms with Crippen molar-refractivity contribution < 1.29 is 42.9 Å². The summed E-state index contributed by atoms with van der Waals surface area (Å²) in [4.78, 5) is 37.8. The minimum Gasteiger partial charge on any atom is -0.477 e. The Morgan fingerprint density at radius 1 is 0.297 bits per heavy atom. The second-order valence-corrected chi connectivity index (χ2v) is 28.0. The van der Waals surface area contributed by atoms with Gasteiger partial charge in [-0.1, -0.05) is 357 Å². The molecule has 1 N–H and O–H groups in total. The van der Waals surface area contributed by atoms with Crippen LogP contribution in [0.25, 0.3) is 0 Å². The zero-order chi connectivity index (χ0) is 73.2. The molecule has 0 aliphatic heterocycles. The Kier molecular flexibility index (Phi) is 75.6. The van der Waals surface area contributed by atoms with Gasteiger partial charge in [-0.2, -0.15) is 0 Å². The van der Waals surface area contributed by atoms with E-state index in [-0.39, 0.29) is 32.2 Å². The fourth-order valence-corrected chi connectivity index (χ4v) is 11.0. The van der Waals surface area contributed by atoms with Gasteiger partial charge < -0.3 is 28.5 Å². The largest absolute Gasteiger partial charge is 0.477 e. The number of allylic oxidation sites excluding steroid dienone is 30. The second-order valence-electron chi connectivity index (χ2n) is 28.0. The zero-order valence-corrected chi connectivity index (χ0v) is 65.5. The number of aliphatic carboxylic acids is 1. The number of nitrogens with zero attached hydrogens (tertiary/aromatic N) is 1. The summed E-state index contributed by atoms with van der Waals surface area (Å²) >= 11 is 0. The summed E-state index contributed by atoms with van der Waals surface area (Å²) in [6.45, 7) is 4.65. The first-order chi connectivity index (χ1) is 49.6. The molecule has 9 nitrogen and oxygen atoms in total. The van der Waals surface area contributed by atoms with E-state index in [0.29, 0.717) is 23.9 Å². The molecule has 0 aromatic rings. The average Bonchev–Trinajstić information content (AvgIpc) is 1.25. The number of carboxylic acid groups (broad SMARTS) is 1. The van der Waals surface area contributed by atoms with Crippen LogP contribution in [-0.2, 0) is 33.3 Å². The van der Waals surface area contributed by atoms with Crippen LogP contribution in [0.5, 0.6) is 0 Å². The number of unbranched alkanes of at least 4 members (excludes halogenated alkanes) is 29. The number of hydrogen-bond acceptors (Lipinski definition) is 7. The molecule has 0 saturated heterocycles. The molecule has 9 heteroatoms. The van der Waals surface area contributed by atoms with Gasteiger partial charge in [0, 0.05) is 12.8 Å². The molecule has 101 heavy (non-hydrogen) atoms. The van der Waals surface area contributed by atoms with Gasteiger partial charge in [-0.05, 0) is 135 Å². The number of hydrogen-bond donors (Lipinski definition) is 1. The third-order valence-electron chi connectivity index (χ3n) is 17.2. The molecule has 0 aromatic carbocycles. The normalized spacial score (nSPS) is 13.6. The highest BCUT2D eigenvalue weighted by molar-refractivity contribution is 5.71. The fourth-order valence-electron chi connectivity index (χ4n) is 11.0. The monoisotopic (exact) mass is 1400 g/mol. The first-order valence-corrected chi connectivity index (χ1v) is 40.9. The van der Waals surface area contributed by atoms with Gasteiger partial charge in [0.1, 0.15) is 13.2 Å². The molecular weight excluding hydrogens is 1250 g/mol. The topological polar surface area (TPSA) is 108 Å². The Hall–Kier alpha value is -5.61. The van der Waals surface area contributed by atoms with Gasteiger partial charge >= 0.3 is 17.9 Å². The summed E-state index contributed by atoms with van der Waals surface area (Å²) in [6.07, 6.45) is 119. The molecule has 0 saturated carbocycles. The molecule has 0 aliphatic rings. The average molecular weight is 1400 g/mol. The van der Waals surface area contributed by atoms with Crippen LogP contribution in [0.1, 0.15) is 322 Å². The number of quaternary nitrogens is 1. The number of carbonyl (C=O) groups excluding carboxylic acids is 2. The van der Waals surface area contributed by atoms with Crippen LogP contribution in [0.15, 0.2) is 182 Å². The van der Waals surface area contributed by atoms with Crippen LogP contribution < -0.4 is 0 Å². The third-order valence-corrected chi connectivity index (χ3v) is 17.2. The highest BCUT2D eigenvalue weighted by Crippen LogP contribution is 2.18. The summed E-state index contributed by atoms with van der Waals surface area (Å²) in [5, 5.41) is 9.78. The van der Waals surface area contributed by atoms with Gasteiger partial charge in [-0.15, -0.1) is 0 Å². The number of esters is 2. The lowest BCUT2D eigenvalue weighted by molar-refractivity contribution is -0.870. The van der Waals surface area contributed by atoms with E-state index in [4.69, 9.17) is 18.9 Å². The van der Waals surface area contributed by atoms with E-state index < -0.39 is 24.3 Å². The van der Waals surface area contributed by atoms with Crippen LogP contribution in [-0.4, -0.2) is 87.4 Å². The van der Waals surface area contributed by atoms with Gasteiger partial charge in [0.25, 0.3) is 6.29 Å². The van der Waals surface area contributed by atoms with E-state index in [9.17, 15) is 19.5 Å². The predicted octanol–water partition coefficient (Wildman–Crippen LogP) is 26.7. The van der Waals surface area contributed by atoms with Gasteiger partial charge in [0.15, 0.2) is 6.10 Å². The van der Waals surface area contributed by atoms with Gasteiger partial charge in [0.05, 0.1) is 34.4 Å². The maximum Gasteiger partial charge on any atom is 0.361 e. The highest BCUT2D eigenvalue weighted by Gasteiger charge is 2.25. The van der Waals surface area contributed by atoms with E-state index in [2.05, 4.69) is 196 Å². The molecule has 0 amide bonds. The van der Waals surface area contributed by atoms with E-state index in [1.165, 1.54) is 148 Å². The van der Waals surface area contributed by atoms with E-state index in [0.717, 1.165) is 141 Å². The van der Waals surface area contributed by atoms with Gasteiger partial charge in [-0.25, -0.2) is 4.79 Å². The van der Waals surface area contributed by atoms with Crippen LogP contribution in [0.2, 0.25) is 0 Å². The molecule has 0 fully saturated rings. The Morgan fingerprint density at radius 2 is 0.535 bits per heavy atom. The van der Waals surface area contributed by atoms with Crippen molar-refractivity contribution >= 4 is 17.9 Å². The molecule has 0 spiro atoms. The first kappa shape index (κ1) is 95.4. The van der Waals surface area contributed by atoms with Crippen molar-refractivity contribution in [2.24, 2.45) is 0 Å². The lowest BCUT2D eigenvalue weighted by Gasteiger charge is -2.25.